The molecular formula is C14H19ClN2O2. The van der Waals surface area contributed by atoms with Gasteiger partial charge in [0.05, 0.1) is 16.3 Å². The number of halogens is 1. The summed E-state index contributed by atoms with van der Waals surface area (Å²) in [4.78, 5) is 15.3. The SMILES string of the molecule is CN1CCC(CN(C)c2ccc(C(=O)O)cc2Cl)C1. The molecule has 1 atom stereocenters. The molecule has 1 aromatic carbocycles. The average molecular weight is 283 g/mol. The molecule has 0 aromatic heterocycles. The van der Waals surface area contributed by atoms with Crippen molar-refractivity contribution in [1.29, 1.82) is 0 Å². The van der Waals surface area contributed by atoms with Gasteiger partial charge in [-0.05, 0) is 44.1 Å². The van der Waals surface area contributed by atoms with Gasteiger partial charge in [0.15, 0.2) is 0 Å². The third kappa shape index (κ3) is 3.39. The molecule has 1 heterocycles. The summed E-state index contributed by atoms with van der Waals surface area (Å²) in [6.45, 7) is 3.19. The highest BCUT2D eigenvalue weighted by Crippen LogP contribution is 2.28. The molecule has 1 fully saturated rings. The topological polar surface area (TPSA) is 43.8 Å². The zero-order valence-corrected chi connectivity index (χ0v) is 12.0. The number of anilines is 1. The summed E-state index contributed by atoms with van der Waals surface area (Å²) in [6.07, 6.45) is 1.20. The molecule has 0 bridgehead atoms. The molecule has 1 aliphatic rings. The highest BCUT2D eigenvalue weighted by atomic mass is 35.5. The van der Waals surface area contributed by atoms with Crippen LogP contribution in [0.1, 0.15) is 16.8 Å². The first-order valence-corrected chi connectivity index (χ1v) is 6.77. The second-order valence-corrected chi connectivity index (χ2v) is 5.68. The smallest absolute Gasteiger partial charge is 0.335 e. The number of hydrogen-bond donors (Lipinski definition) is 1. The highest BCUT2D eigenvalue weighted by molar-refractivity contribution is 6.33. The number of hydrogen-bond acceptors (Lipinski definition) is 3. The Balaban J connectivity index is 2.06. The third-order valence-electron chi connectivity index (χ3n) is 3.63. The first-order valence-electron chi connectivity index (χ1n) is 6.40. The van der Waals surface area contributed by atoms with Crippen molar-refractivity contribution in [3.63, 3.8) is 0 Å². The lowest BCUT2D eigenvalue weighted by molar-refractivity contribution is 0.0697. The predicted molar refractivity (Wildman–Crippen MR) is 77.3 cm³/mol. The van der Waals surface area contributed by atoms with E-state index in [9.17, 15) is 4.79 Å². The van der Waals surface area contributed by atoms with Crippen molar-refractivity contribution in [3.05, 3.63) is 28.8 Å². The van der Waals surface area contributed by atoms with Crippen LogP contribution in [-0.4, -0.2) is 49.7 Å². The molecule has 0 radical (unpaired) electrons. The molecule has 1 aliphatic heterocycles. The summed E-state index contributed by atoms with van der Waals surface area (Å²) in [6, 6.07) is 4.89. The molecule has 5 heteroatoms. The van der Waals surface area contributed by atoms with Crippen LogP contribution in [-0.2, 0) is 0 Å². The number of nitrogens with zero attached hydrogens (tertiary/aromatic N) is 2. The van der Waals surface area contributed by atoms with Crippen molar-refractivity contribution < 1.29 is 9.90 Å². The Hall–Kier alpha value is -1.26. The standard InChI is InChI=1S/C14H19ClN2O2/c1-16-6-5-10(8-16)9-17(2)13-4-3-11(14(18)19)7-12(13)15/h3-4,7,10H,5-6,8-9H2,1-2H3,(H,18,19). The number of carbonyl (C=O) groups is 1. The monoisotopic (exact) mass is 282 g/mol. The van der Waals surface area contributed by atoms with Crippen LogP contribution in [0.3, 0.4) is 0 Å². The van der Waals surface area contributed by atoms with Gasteiger partial charge in [-0.2, -0.15) is 0 Å². The van der Waals surface area contributed by atoms with Gasteiger partial charge in [-0.15, -0.1) is 0 Å². The molecular weight excluding hydrogens is 264 g/mol. The summed E-state index contributed by atoms with van der Waals surface area (Å²) in [5.41, 5.74) is 1.11. The number of carboxylic acids is 1. The summed E-state index contributed by atoms with van der Waals surface area (Å²) < 4.78 is 0. The van der Waals surface area contributed by atoms with Gasteiger partial charge in [0.1, 0.15) is 0 Å². The van der Waals surface area contributed by atoms with E-state index < -0.39 is 5.97 Å². The Morgan fingerprint density at radius 3 is 2.84 bits per heavy atom. The van der Waals surface area contributed by atoms with E-state index in [4.69, 9.17) is 16.7 Å². The van der Waals surface area contributed by atoms with Crippen LogP contribution >= 0.6 is 11.6 Å². The Labute approximate surface area is 118 Å². The van der Waals surface area contributed by atoms with Crippen LogP contribution < -0.4 is 4.90 Å². The maximum Gasteiger partial charge on any atom is 0.335 e. The quantitative estimate of drug-likeness (QED) is 0.921. The van der Waals surface area contributed by atoms with Crippen LogP contribution in [0.5, 0.6) is 0 Å². The van der Waals surface area contributed by atoms with E-state index in [0.29, 0.717) is 10.9 Å². The average Bonchev–Trinajstić information content (AvgIpc) is 2.74. The fourth-order valence-corrected chi connectivity index (χ4v) is 2.94. The highest BCUT2D eigenvalue weighted by Gasteiger charge is 2.21. The molecule has 0 saturated carbocycles. The molecule has 19 heavy (non-hydrogen) atoms. The number of likely N-dealkylation sites (tertiary alicyclic amines) is 1. The number of carboxylic acid groups (broad SMARTS) is 1. The Morgan fingerprint density at radius 1 is 1.58 bits per heavy atom. The van der Waals surface area contributed by atoms with Crippen molar-refractivity contribution in [3.8, 4) is 0 Å². The van der Waals surface area contributed by atoms with E-state index in [1.807, 2.05) is 7.05 Å². The van der Waals surface area contributed by atoms with Gasteiger partial charge >= 0.3 is 5.97 Å². The van der Waals surface area contributed by atoms with Crippen molar-refractivity contribution in [1.82, 2.24) is 4.90 Å². The van der Waals surface area contributed by atoms with Crippen molar-refractivity contribution >= 4 is 23.3 Å². The van der Waals surface area contributed by atoms with Crippen LogP contribution in [0.4, 0.5) is 5.69 Å². The van der Waals surface area contributed by atoms with Crippen molar-refractivity contribution in [2.75, 3.05) is 38.6 Å². The lowest BCUT2D eigenvalue weighted by Crippen LogP contribution is -2.27. The normalized spacial score (nSPS) is 19.6. The van der Waals surface area contributed by atoms with Gasteiger partial charge < -0.3 is 14.9 Å². The minimum Gasteiger partial charge on any atom is -0.478 e. The molecule has 1 saturated heterocycles. The Morgan fingerprint density at radius 2 is 2.32 bits per heavy atom. The van der Waals surface area contributed by atoms with E-state index >= 15 is 0 Å². The second-order valence-electron chi connectivity index (χ2n) is 5.27. The fourth-order valence-electron chi connectivity index (χ4n) is 2.61. The maximum absolute atomic E-state index is 10.9. The van der Waals surface area contributed by atoms with Crippen molar-refractivity contribution in [2.24, 2.45) is 5.92 Å². The van der Waals surface area contributed by atoms with E-state index in [2.05, 4.69) is 16.8 Å². The molecule has 1 aromatic rings. The molecule has 0 aliphatic carbocycles. The lowest BCUT2D eigenvalue weighted by Gasteiger charge is -2.24. The van der Waals surface area contributed by atoms with Crippen LogP contribution in [0.25, 0.3) is 0 Å². The maximum atomic E-state index is 10.9. The molecule has 0 amide bonds. The molecule has 0 spiro atoms. The van der Waals surface area contributed by atoms with Gasteiger partial charge in [-0.25, -0.2) is 4.79 Å². The zero-order chi connectivity index (χ0) is 14.0. The van der Waals surface area contributed by atoms with E-state index in [0.717, 1.165) is 25.3 Å². The molecule has 1 unspecified atom stereocenters. The molecule has 2 rings (SSSR count). The summed E-state index contributed by atoms with van der Waals surface area (Å²) in [7, 11) is 4.13. The molecule has 4 nitrogen and oxygen atoms in total. The van der Waals surface area contributed by atoms with Crippen molar-refractivity contribution in [2.45, 2.75) is 6.42 Å². The Kier molecular flexibility index (Phi) is 4.32. The number of aromatic carboxylic acids is 1. The summed E-state index contributed by atoms with van der Waals surface area (Å²) >= 11 is 6.17. The summed E-state index contributed by atoms with van der Waals surface area (Å²) in [5.74, 6) is -0.307. The molecule has 1 N–H and O–H groups in total. The zero-order valence-electron chi connectivity index (χ0n) is 11.3. The van der Waals surface area contributed by atoms with Crippen LogP contribution in [0, 0.1) is 5.92 Å². The number of rotatable bonds is 4. The molecule has 104 valence electrons. The minimum absolute atomic E-state index is 0.225. The fraction of sp³-hybridized carbons (Fsp3) is 0.500. The largest absolute Gasteiger partial charge is 0.478 e. The second kappa shape index (κ2) is 5.80. The van der Waals surface area contributed by atoms with Gasteiger partial charge in [-0.3, -0.25) is 0 Å². The van der Waals surface area contributed by atoms with Crippen LogP contribution in [0.15, 0.2) is 18.2 Å². The van der Waals surface area contributed by atoms with Gasteiger partial charge in [0, 0.05) is 20.1 Å². The van der Waals surface area contributed by atoms with E-state index in [1.54, 1.807) is 12.1 Å². The first kappa shape index (κ1) is 14.2. The lowest BCUT2D eigenvalue weighted by atomic mass is 10.1. The minimum atomic E-state index is -0.950. The van der Waals surface area contributed by atoms with E-state index in [1.165, 1.54) is 12.5 Å². The van der Waals surface area contributed by atoms with Gasteiger partial charge in [0.25, 0.3) is 0 Å². The number of benzene rings is 1. The predicted octanol–water partition coefficient (Wildman–Crippen LogP) is 2.43. The van der Waals surface area contributed by atoms with E-state index in [-0.39, 0.29) is 5.56 Å². The summed E-state index contributed by atoms with van der Waals surface area (Å²) in [5, 5.41) is 9.41. The van der Waals surface area contributed by atoms with Gasteiger partial charge in [0.2, 0.25) is 0 Å². The van der Waals surface area contributed by atoms with Crippen LogP contribution in [0.2, 0.25) is 5.02 Å². The third-order valence-corrected chi connectivity index (χ3v) is 3.93. The first-order chi connectivity index (χ1) is 8.97. The van der Waals surface area contributed by atoms with Gasteiger partial charge in [-0.1, -0.05) is 11.6 Å². The Bertz CT molecular complexity index is 479.